The van der Waals surface area contributed by atoms with Gasteiger partial charge in [0.25, 0.3) is 5.91 Å². The van der Waals surface area contributed by atoms with Gasteiger partial charge in [0, 0.05) is 30.1 Å². The minimum atomic E-state index is -0.271. The van der Waals surface area contributed by atoms with Gasteiger partial charge in [-0.3, -0.25) is 9.59 Å². The molecule has 1 aromatic carbocycles. The molecule has 5 nitrogen and oxygen atoms in total. The largest absolute Gasteiger partial charge is 0.508 e. The first kappa shape index (κ1) is 13.4. The van der Waals surface area contributed by atoms with Crippen LogP contribution in [-0.2, 0) is 4.79 Å². The van der Waals surface area contributed by atoms with Crippen LogP contribution in [0.15, 0.2) is 18.2 Å². The number of phenolic OH excluding ortho intramolecular Hbond substituents is 1. The van der Waals surface area contributed by atoms with Crippen molar-refractivity contribution < 1.29 is 14.7 Å². The quantitative estimate of drug-likeness (QED) is 0.743. The van der Waals surface area contributed by atoms with Crippen molar-refractivity contribution in [3.8, 4) is 5.75 Å². The fraction of sp³-hybridized carbons (Fsp3) is 0.429. The van der Waals surface area contributed by atoms with Crippen molar-refractivity contribution in [1.82, 2.24) is 10.6 Å². The van der Waals surface area contributed by atoms with Gasteiger partial charge in [0.1, 0.15) is 5.75 Å². The Bertz CT molecular complexity index is 495. The second kappa shape index (κ2) is 5.73. The van der Waals surface area contributed by atoms with E-state index in [0.717, 1.165) is 12.8 Å². The average Bonchev–Trinajstić information content (AvgIpc) is 3.16. The zero-order valence-corrected chi connectivity index (χ0v) is 10.9. The molecule has 0 atom stereocenters. The van der Waals surface area contributed by atoms with Crippen molar-refractivity contribution in [1.29, 1.82) is 0 Å². The van der Waals surface area contributed by atoms with E-state index in [1.165, 1.54) is 6.07 Å². The van der Waals surface area contributed by atoms with Crippen molar-refractivity contribution >= 4 is 11.8 Å². The lowest BCUT2D eigenvalue weighted by molar-refractivity contribution is -0.121. The van der Waals surface area contributed by atoms with Crippen LogP contribution in [0, 0.1) is 6.92 Å². The molecule has 1 aliphatic carbocycles. The molecule has 5 heteroatoms. The zero-order chi connectivity index (χ0) is 13.8. The van der Waals surface area contributed by atoms with Gasteiger partial charge in [-0.15, -0.1) is 0 Å². The Morgan fingerprint density at radius 1 is 1.37 bits per heavy atom. The van der Waals surface area contributed by atoms with Crippen LogP contribution in [0.4, 0.5) is 0 Å². The van der Waals surface area contributed by atoms with E-state index in [9.17, 15) is 14.7 Å². The van der Waals surface area contributed by atoms with Gasteiger partial charge in [0.05, 0.1) is 0 Å². The van der Waals surface area contributed by atoms with Crippen LogP contribution in [0.2, 0.25) is 0 Å². The van der Waals surface area contributed by atoms with Gasteiger partial charge >= 0.3 is 0 Å². The van der Waals surface area contributed by atoms with E-state index < -0.39 is 0 Å². The number of carbonyl (C=O) groups excluding carboxylic acids is 2. The summed E-state index contributed by atoms with van der Waals surface area (Å²) >= 11 is 0. The maximum Gasteiger partial charge on any atom is 0.251 e. The Hall–Kier alpha value is -2.04. The van der Waals surface area contributed by atoms with Gasteiger partial charge in [-0.1, -0.05) is 6.07 Å². The molecule has 0 radical (unpaired) electrons. The first-order valence-corrected chi connectivity index (χ1v) is 6.44. The number of aromatic hydroxyl groups is 1. The van der Waals surface area contributed by atoms with E-state index in [1.54, 1.807) is 19.1 Å². The molecule has 0 unspecified atom stereocenters. The SMILES string of the molecule is Cc1c(O)cccc1C(=O)NCCC(=O)NC1CC1. The monoisotopic (exact) mass is 262 g/mol. The minimum Gasteiger partial charge on any atom is -0.508 e. The molecule has 0 saturated heterocycles. The first-order valence-electron chi connectivity index (χ1n) is 6.44. The topological polar surface area (TPSA) is 78.4 Å². The summed E-state index contributed by atoms with van der Waals surface area (Å²) in [4.78, 5) is 23.3. The standard InChI is InChI=1S/C14H18N2O3/c1-9-11(3-2-4-12(9)17)14(19)15-8-7-13(18)16-10-5-6-10/h2-4,10,17H,5-8H2,1H3,(H,15,19)(H,16,18). The predicted octanol–water partition coefficient (Wildman–Crippen LogP) is 1.10. The summed E-state index contributed by atoms with van der Waals surface area (Å²) in [7, 11) is 0. The summed E-state index contributed by atoms with van der Waals surface area (Å²) < 4.78 is 0. The summed E-state index contributed by atoms with van der Waals surface area (Å²) in [6.07, 6.45) is 2.39. The first-order chi connectivity index (χ1) is 9.08. The van der Waals surface area contributed by atoms with Gasteiger partial charge in [0.2, 0.25) is 5.91 Å². The number of hydrogen-bond donors (Lipinski definition) is 3. The lowest BCUT2D eigenvalue weighted by Gasteiger charge is -2.08. The van der Waals surface area contributed by atoms with Crippen LogP contribution >= 0.6 is 0 Å². The van der Waals surface area contributed by atoms with Gasteiger partial charge in [-0.25, -0.2) is 0 Å². The Balaban J connectivity index is 1.80. The number of amides is 2. The molecular formula is C14H18N2O3. The smallest absolute Gasteiger partial charge is 0.251 e. The second-order valence-corrected chi connectivity index (χ2v) is 4.80. The van der Waals surface area contributed by atoms with Gasteiger partial charge in [-0.05, 0) is 31.9 Å². The summed E-state index contributed by atoms with van der Waals surface area (Å²) in [5, 5.41) is 15.1. The Morgan fingerprint density at radius 2 is 2.11 bits per heavy atom. The van der Waals surface area contributed by atoms with Crippen LogP contribution in [0.25, 0.3) is 0 Å². The highest BCUT2D eigenvalue weighted by Gasteiger charge is 2.22. The normalized spacial score (nSPS) is 13.9. The molecule has 2 rings (SSSR count). The van der Waals surface area contributed by atoms with Crippen molar-refractivity contribution in [2.45, 2.75) is 32.2 Å². The van der Waals surface area contributed by atoms with E-state index in [0.29, 0.717) is 23.7 Å². The molecule has 1 aromatic rings. The third-order valence-electron chi connectivity index (χ3n) is 3.13. The fourth-order valence-corrected chi connectivity index (χ4v) is 1.78. The number of rotatable bonds is 5. The van der Waals surface area contributed by atoms with Crippen LogP contribution in [0.5, 0.6) is 5.75 Å². The molecule has 0 aromatic heterocycles. The lowest BCUT2D eigenvalue weighted by Crippen LogP contribution is -2.31. The number of nitrogens with one attached hydrogen (secondary N) is 2. The molecule has 1 saturated carbocycles. The molecule has 0 bridgehead atoms. The Morgan fingerprint density at radius 3 is 2.79 bits per heavy atom. The molecule has 3 N–H and O–H groups in total. The molecule has 0 aliphatic heterocycles. The van der Waals surface area contributed by atoms with Crippen LogP contribution in [0.3, 0.4) is 0 Å². The van der Waals surface area contributed by atoms with Gasteiger partial charge < -0.3 is 15.7 Å². The maximum atomic E-state index is 11.9. The molecule has 1 aliphatic rings. The molecule has 0 spiro atoms. The van der Waals surface area contributed by atoms with Crippen molar-refractivity contribution in [2.24, 2.45) is 0 Å². The number of benzene rings is 1. The zero-order valence-electron chi connectivity index (χ0n) is 10.9. The highest BCUT2D eigenvalue weighted by Crippen LogP contribution is 2.19. The summed E-state index contributed by atoms with van der Waals surface area (Å²) in [6, 6.07) is 5.15. The second-order valence-electron chi connectivity index (χ2n) is 4.80. The summed E-state index contributed by atoms with van der Waals surface area (Å²) in [5.41, 5.74) is 0.977. The molecule has 102 valence electrons. The van der Waals surface area contributed by atoms with E-state index >= 15 is 0 Å². The number of hydrogen-bond acceptors (Lipinski definition) is 3. The molecule has 1 fully saturated rings. The van der Waals surface area contributed by atoms with Crippen LogP contribution < -0.4 is 10.6 Å². The van der Waals surface area contributed by atoms with Crippen LogP contribution in [0.1, 0.15) is 35.2 Å². The Labute approximate surface area is 112 Å². The highest BCUT2D eigenvalue weighted by molar-refractivity contribution is 5.96. The fourth-order valence-electron chi connectivity index (χ4n) is 1.78. The van der Waals surface area contributed by atoms with Gasteiger partial charge in [0.15, 0.2) is 0 Å². The van der Waals surface area contributed by atoms with E-state index in [-0.39, 0.29) is 24.0 Å². The van der Waals surface area contributed by atoms with Gasteiger partial charge in [-0.2, -0.15) is 0 Å². The maximum absolute atomic E-state index is 11.9. The summed E-state index contributed by atoms with van der Waals surface area (Å²) in [5.74, 6) is -0.206. The van der Waals surface area contributed by atoms with Crippen molar-refractivity contribution in [2.75, 3.05) is 6.54 Å². The number of phenols is 1. The highest BCUT2D eigenvalue weighted by atomic mass is 16.3. The minimum absolute atomic E-state index is 0.0320. The molecule has 19 heavy (non-hydrogen) atoms. The molecule has 0 heterocycles. The third-order valence-corrected chi connectivity index (χ3v) is 3.13. The Kier molecular flexibility index (Phi) is 4.04. The van der Waals surface area contributed by atoms with Crippen LogP contribution in [-0.4, -0.2) is 29.5 Å². The molecular weight excluding hydrogens is 244 g/mol. The molecule has 2 amide bonds. The number of carbonyl (C=O) groups is 2. The van der Waals surface area contributed by atoms with Crippen molar-refractivity contribution in [3.63, 3.8) is 0 Å². The summed E-state index contributed by atoms with van der Waals surface area (Å²) in [6.45, 7) is 1.98. The predicted molar refractivity (Wildman–Crippen MR) is 71.0 cm³/mol. The lowest BCUT2D eigenvalue weighted by atomic mass is 10.1. The third kappa shape index (κ3) is 3.71. The van der Waals surface area contributed by atoms with E-state index in [1.807, 2.05) is 0 Å². The average molecular weight is 262 g/mol. The van der Waals surface area contributed by atoms with Crippen molar-refractivity contribution in [3.05, 3.63) is 29.3 Å². The van der Waals surface area contributed by atoms with E-state index in [2.05, 4.69) is 10.6 Å². The van der Waals surface area contributed by atoms with E-state index in [4.69, 9.17) is 0 Å².